The summed E-state index contributed by atoms with van der Waals surface area (Å²) >= 11 is 5.94. The second-order valence-corrected chi connectivity index (χ2v) is 7.20. The van der Waals surface area contributed by atoms with Crippen LogP contribution in [0.3, 0.4) is 0 Å². The van der Waals surface area contributed by atoms with Crippen LogP contribution in [0.5, 0.6) is 0 Å². The van der Waals surface area contributed by atoms with Gasteiger partial charge in [-0.1, -0.05) is 30.2 Å². The van der Waals surface area contributed by atoms with E-state index in [9.17, 15) is 0 Å². The van der Waals surface area contributed by atoms with Crippen molar-refractivity contribution in [3.8, 4) is 0 Å². The van der Waals surface area contributed by atoms with Gasteiger partial charge in [-0.05, 0) is 63.1 Å². The quantitative estimate of drug-likeness (QED) is 0.849. The molecule has 1 aliphatic carbocycles. The van der Waals surface area contributed by atoms with E-state index in [1.165, 1.54) is 31.2 Å². The van der Waals surface area contributed by atoms with E-state index in [1.807, 2.05) is 12.1 Å². The largest absolute Gasteiger partial charge is 0.312 e. The molecule has 0 aromatic heterocycles. The van der Waals surface area contributed by atoms with Gasteiger partial charge >= 0.3 is 0 Å². The van der Waals surface area contributed by atoms with E-state index in [1.54, 1.807) is 0 Å². The Hall–Kier alpha value is -0.530. The predicted octanol–water partition coefficient (Wildman–Crippen LogP) is 4.44. The van der Waals surface area contributed by atoms with E-state index >= 15 is 0 Å². The van der Waals surface area contributed by atoms with Gasteiger partial charge in [0.25, 0.3) is 0 Å². The Morgan fingerprint density at radius 3 is 2.22 bits per heavy atom. The predicted molar refractivity (Wildman–Crippen MR) is 79.2 cm³/mol. The Morgan fingerprint density at radius 2 is 1.78 bits per heavy atom. The van der Waals surface area contributed by atoms with Gasteiger partial charge in [-0.2, -0.15) is 0 Å². The molecule has 1 aliphatic rings. The SMILES string of the molecule is CC(C)(C)NCC1(Cc2ccc(Cl)cc2)CCC1. The van der Waals surface area contributed by atoms with Crippen molar-refractivity contribution in [1.29, 1.82) is 0 Å². The van der Waals surface area contributed by atoms with E-state index < -0.39 is 0 Å². The lowest BCUT2D eigenvalue weighted by atomic mass is 9.65. The zero-order chi connectivity index (χ0) is 13.2. The second-order valence-electron chi connectivity index (χ2n) is 6.76. The molecule has 0 unspecified atom stereocenters. The summed E-state index contributed by atoms with van der Waals surface area (Å²) in [6.45, 7) is 7.84. The molecule has 0 radical (unpaired) electrons. The minimum absolute atomic E-state index is 0.211. The molecule has 0 atom stereocenters. The highest BCUT2D eigenvalue weighted by Crippen LogP contribution is 2.43. The highest BCUT2D eigenvalue weighted by atomic mass is 35.5. The molecule has 1 aromatic carbocycles. The van der Waals surface area contributed by atoms with Gasteiger partial charge in [0, 0.05) is 17.1 Å². The third-order valence-electron chi connectivity index (χ3n) is 3.90. The highest BCUT2D eigenvalue weighted by Gasteiger charge is 2.37. The molecule has 1 aromatic rings. The summed E-state index contributed by atoms with van der Waals surface area (Å²) in [4.78, 5) is 0. The summed E-state index contributed by atoms with van der Waals surface area (Å²) in [5.41, 5.74) is 2.10. The molecule has 2 heteroatoms. The van der Waals surface area contributed by atoms with Gasteiger partial charge in [-0.3, -0.25) is 0 Å². The van der Waals surface area contributed by atoms with Crippen LogP contribution < -0.4 is 5.32 Å². The van der Waals surface area contributed by atoms with Gasteiger partial charge < -0.3 is 5.32 Å². The van der Waals surface area contributed by atoms with Gasteiger partial charge in [0.05, 0.1) is 0 Å². The third kappa shape index (κ3) is 3.73. The summed E-state index contributed by atoms with van der Waals surface area (Å²) in [6, 6.07) is 8.33. The number of hydrogen-bond acceptors (Lipinski definition) is 1. The Morgan fingerprint density at radius 1 is 1.17 bits per heavy atom. The average Bonchev–Trinajstić information content (AvgIpc) is 2.23. The zero-order valence-electron chi connectivity index (χ0n) is 11.7. The first-order chi connectivity index (χ1) is 8.39. The molecule has 0 amide bonds. The maximum absolute atomic E-state index is 5.94. The fraction of sp³-hybridized carbons (Fsp3) is 0.625. The average molecular weight is 266 g/mol. The Bertz CT molecular complexity index is 385. The maximum Gasteiger partial charge on any atom is 0.0406 e. The molecule has 0 spiro atoms. The van der Waals surface area contributed by atoms with Crippen molar-refractivity contribution in [2.75, 3.05) is 6.54 Å². The number of halogens is 1. The van der Waals surface area contributed by atoms with E-state index in [2.05, 4.69) is 38.2 Å². The van der Waals surface area contributed by atoms with E-state index in [0.717, 1.165) is 11.6 Å². The maximum atomic E-state index is 5.94. The van der Waals surface area contributed by atoms with Crippen molar-refractivity contribution in [3.05, 3.63) is 34.9 Å². The minimum Gasteiger partial charge on any atom is -0.312 e. The lowest BCUT2D eigenvalue weighted by Gasteiger charge is -2.44. The molecule has 1 saturated carbocycles. The van der Waals surface area contributed by atoms with Crippen molar-refractivity contribution < 1.29 is 0 Å². The Labute approximate surface area is 116 Å². The molecule has 18 heavy (non-hydrogen) atoms. The molecular formula is C16H24ClN. The van der Waals surface area contributed by atoms with Crippen LogP contribution in [-0.2, 0) is 6.42 Å². The first kappa shape index (κ1) is 13.9. The van der Waals surface area contributed by atoms with Gasteiger partial charge in [-0.15, -0.1) is 0 Å². The van der Waals surface area contributed by atoms with E-state index in [-0.39, 0.29) is 5.54 Å². The van der Waals surface area contributed by atoms with Crippen molar-refractivity contribution in [1.82, 2.24) is 5.32 Å². The van der Waals surface area contributed by atoms with Crippen LogP contribution in [-0.4, -0.2) is 12.1 Å². The fourth-order valence-corrected chi connectivity index (χ4v) is 2.71. The molecular weight excluding hydrogens is 242 g/mol. The molecule has 2 rings (SSSR count). The van der Waals surface area contributed by atoms with Gasteiger partial charge in [-0.25, -0.2) is 0 Å². The van der Waals surface area contributed by atoms with Crippen LogP contribution >= 0.6 is 11.6 Å². The first-order valence-electron chi connectivity index (χ1n) is 6.88. The number of benzene rings is 1. The van der Waals surface area contributed by atoms with Crippen LogP contribution in [0.1, 0.15) is 45.6 Å². The smallest absolute Gasteiger partial charge is 0.0406 e. The lowest BCUT2D eigenvalue weighted by Crippen LogP contribution is -2.47. The molecule has 0 bridgehead atoms. The van der Waals surface area contributed by atoms with Crippen molar-refractivity contribution >= 4 is 11.6 Å². The van der Waals surface area contributed by atoms with Crippen LogP contribution in [0, 0.1) is 5.41 Å². The van der Waals surface area contributed by atoms with Crippen molar-refractivity contribution in [3.63, 3.8) is 0 Å². The monoisotopic (exact) mass is 265 g/mol. The fourth-order valence-electron chi connectivity index (χ4n) is 2.58. The lowest BCUT2D eigenvalue weighted by molar-refractivity contribution is 0.118. The second kappa shape index (κ2) is 5.22. The minimum atomic E-state index is 0.211. The summed E-state index contributed by atoms with van der Waals surface area (Å²) in [6.07, 6.45) is 5.24. The number of hydrogen-bond donors (Lipinski definition) is 1. The van der Waals surface area contributed by atoms with Crippen molar-refractivity contribution in [2.24, 2.45) is 5.41 Å². The van der Waals surface area contributed by atoms with Crippen LogP contribution in [0.25, 0.3) is 0 Å². The molecule has 1 fully saturated rings. The normalized spacial score (nSPS) is 18.4. The topological polar surface area (TPSA) is 12.0 Å². The third-order valence-corrected chi connectivity index (χ3v) is 4.15. The Kier molecular flexibility index (Phi) is 4.03. The summed E-state index contributed by atoms with van der Waals surface area (Å²) in [5, 5.41) is 4.50. The zero-order valence-corrected chi connectivity index (χ0v) is 12.5. The molecule has 1 N–H and O–H groups in total. The van der Waals surface area contributed by atoms with Crippen LogP contribution in [0.15, 0.2) is 24.3 Å². The molecule has 0 aliphatic heterocycles. The summed E-state index contributed by atoms with van der Waals surface area (Å²) in [7, 11) is 0. The molecule has 1 nitrogen and oxygen atoms in total. The number of rotatable bonds is 4. The van der Waals surface area contributed by atoms with E-state index in [0.29, 0.717) is 5.41 Å². The Balaban J connectivity index is 1.98. The van der Waals surface area contributed by atoms with Gasteiger partial charge in [0.15, 0.2) is 0 Å². The highest BCUT2D eigenvalue weighted by molar-refractivity contribution is 6.30. The number of nitrogens with one attached hydrogen (secondary N) is 1. The van der Waals surface area contributed by atoms with Gasteiger partial charge in [0.1, 0.15) is 0 Å². The molecule has 0 saturated heterocycles. The van der Waals surface area contributed by atoms with Crippen molar-refractivity contribution in [2.45, 2.75) is 52.0 Å². The van der Waals surface area contributed by atoms with Crippen LogP contribution in [0.2, 0.25) is 5.02 Å². The van der Waals surface area contributed by atoms with E-state index in [4.69, 9.17) is 11.6 Å². The molecule has 100 valence electrons. The molecule has 0 heterocycles. The first-order valence-corrected chi connectivity index (χ1v) is 7.26. The summed E-state index contributed by atoms with van der Waals surface area (Å²) < 4.78 is 0. The van der Waals surface area contributed by atoms with Crippen LogP contribution in [0.4, 0.5) is 0 Å². The standard InChI is InChI=1S/C16H24ClN/c1-15(2,3)18-12-16(9-4-10-16)11-13-5-7-14(17)8-6-13/h5-8,18H,4,9-12H2,1-3H3. The summed E-state index contributed by atoms with van der Waals surface area (Å²) in [5.74, 6) is 0. The van der Waals surface area contributed by atoms with Gasteiger partial charge in [0.2, 0.25) is 0 Å².